The quantitative estimate of drug-likeness (QED) is 0.626. The second kappa shape index (κ2) is 4.53. The van der Waals surface area contributed by atoms with Gasteiger partial charge in [0.25, 0.3) is 0 Å². The summed E-state index contributed by atoms with van der Waals surface area (Å²) < 4.78 is 0. The molecule has 0 heterocycles. The Kier molecular flexibility index (Phi) is 3.06. The van der Waals surface area contributed by atoms with Crippen LogP contribution in [0.5, 0.6) is 0 Å². The molecule has 0 radical (unpaired) electrons. The number of carbonyl (C=O) groups excluding carboxylic acids is 1. The number of anilines is 2. The predicted molar refractivity (Wildman–Crippen MR) is 74.6 cm³/mol. The lowest BCUT2D eigenvalue weighted by Crippen LogP contribution is -2.08. The highest BCUT2D eigenvalue weighted by molar-refractivity contribution is 6.11. The summed E-state index contributed by atoms with van der Waals surface area (Å²) in [6, 6.07) is 10.8. The number of nitrogen functional groups attached to an aromatic ring is 2. The topological polar surface area (TPSA) is 69.1 Å². The third-order valence-electron chi connectivity index (χ3n) is 3.26. The van der Waals surface area contributed by atoms with E-state index in [-0.39, 0.29) is 5.78 Å². The minimum atomic E-state index is -0.0251. The summed E-state index contributed by atoms with van der Waals surface area (Å²) in [5.74, 6) is -0.0251. The molecule has 0 aliphatic heterocycles. The van der Waals surface area contributed by atoms with Gasteiger partial charge in [-0.2, -0.15) is 0 Å². The van der Waals surface area contributed by atoms with Crippen LogP contribution < -0.4 is 11.5 Å². The van der Waals surface area contributed by atoms with Gasteiger partial charge in [-0.1, -0.05) is 30.3 Å². The second-order valence-electron chi connectivity index (χ2n) is 4.37. The molecule has 0 aliphatic rings. The largest absolute Gasteiger partial charge is 0.397 e. The molecule has 2 aromatic rings. The molecule has 2 rings (SSSR count). The lowest BCUT2D eigenvalue weighted by Gasteiger charge is -2.12. The molecule has 2 aromatic carbocycles. The van der Waals surface area contributed by atoms with Gasteiger partial charge in [-0.15, -0.1) is 0 Å². The molecule has 92 valence electrons. The molecule has 0 spiro atoms. The van der Waals surface area contributed by atoms with Crippen LogP contribution in [0, 0.1) is 13.8 Å². The number of benzene rings is 2. The standard InChI is InChI=1S/C15H16N2O/c1-9-10(2)14(17)13(16)8-12(9)15(18)11-6-4-3-5-7-11/h3-8H,16-17H2,1-2H3. The highest BCUT2D eigenvalue weighted by atomic mass is 16.1. The highest BCUT2D eigenvalue weighted by Crippen LogP contribution is 2.27. The molecule has 4 N–H and O–H groups in total. The van der Waals surface area contributed by atoms with Gasteiger partial charge in [0, 0.05) is 11.1 Å². The normalized spacial score (nSPS) is 10.3. The van der Waals surface area contributed by atoms with Gasteiger partial charge in [-0.05, 0) is 31.0 Å². The van der Waals surface area contributed by atoms with E-state index in [4.69, 9.17) is 11.5 Å². The van der Waals surface area contributed by atoms with E-state index in [1.54, 1.807) is 18.2 Å². The third kappa shape index (κ3) is 1.95. The van der Waals surface area contributed by atoms with E-state index in [9.17, 15) is 4.79 Å². The van der Waals surface area contributed by atoms with Crippen molar-refractivity contribution in [3.8, 4) is 0 Å². The fourth-order valence-corrected chi connectivity index (χ4v) is 1.94. The number of hydrogen-bond acceptors (Lipinski definition) is 3. The molecule has 0 saturated heterocycles. The van der Waals surface area contributed by atoms with E-state index in [2.05, 4.69) is 0 Å². The zero-order valence-electron chi connectivity index (χ0n) is 10.5. The molecule has 3 heteroatoms. The van der Waals surface area contributed by atoms with E-state index in [0.717, 1.165) is 11.1 Å². The number of hydrogen-bond donors (Lipinski definition) is 2. The van der Waals surface area contributed by atoms with Crippen LogP contribution in [-0.4, -0.2) is 5.78 Å². The zero-order valence-corrected chi connectivity index (χ0v) is 10.5. The molecular formula is C15H16N2O. The number of ketones is 1. The predicted octanol–water partition coefficient (Wildman–Crippen LogP) is 2.70. The van der Waals surface area contributed by atoms with E-state index in [0.29, 0.717) is 22.5 Å². The first-order chi connectivity index (χ1) is 8.52. The maximum absolute atomic E-state index is 12.4. The first kappa shape index (κ1) is 12.2. The minimum absolute atomic E-state index is 0.0251. The SMILES string of the molecule is Cc1c(C(=O)c2ccccc2)cc(N)c(N)c1C. The molecule has 0 aromatic heterocycles. The van der Waals surface area contributed by atoms with Crippen molar-refractivity contribution < 1.29 is 4.79 Å². The number of nitrogens with two attached hydrogens (primary N) is 2. The van der Waals surface area contributed by atoms with Gasteiger partial charge in [0.15, 0.2) is 5.78 Å². The molecule has 0 unspecified atom stereocenters. The summed E-state index contributed by atoms with van der Waals surface area (Å²) >= 11 is 0. The Morgan fingerprint density at radius 1 is 1.00 bits per heavy atom. The van der Waals surface area contributed by atoms with E-state index < -0.39 is 0 Å². The molecule has 0 atom stereocenters. The Hall–Kier alpha value is -2.29. The van der Waals surface area contributed by atoms with Crippen LogP contribution in [0.25, 0.3) is 0 Å². The van der Waals surface area contributed by atoms with Crippen molar-refractivity contribution in [3.63, 3.8) is 0 Å². The van der Waals surface area contributed by atoms with Crippen LogP contribution in [0.2, 0.25) is 0 Å². The van der Waals surface area contributed by atoms with Gasteiger partial charge >= 0.3 is 0 Å². The molecular weight excluding hydrogens is 224 g/mol. The maximum atomic E-state index is 12.4. The molecule has 0 aliphatic carbocycles. The van der Waals surface area contributed by atoms with Crippen molar-refractivity contribution in [2.24, 2.45) is 0 Å². The first-order valence-corrected chi connectivity index (χ1v) is 5.77. The molecule has 0 amide bonds. The van der Waals surface area contributed by atoms with E-state index in [1.165, 1.54) is 0 Å². The van der Waals surface area contributed by atoms with Gasteiger partial charge < -0.3 is 11.5 Å². The molecule has 3 nitrogen and oxygen atoms in total. The lowest BCUT2D eigenvalue weighted by molar-refractivity contribution is 0.103. The van der Waals surface area contributed by atoms with Gasteiger partial charge in [-0.3, -0.25) is 4.79 Å². The van der Waals surface area contributed by atoms with Crippen molar-refractivity contribution in [1.29, 1.82) is 0 Å². The van der Waals surface area contributed by atoms with Crippen molar-refractivity contribution in [2.75, 3.05) is 11.5 Å². The number of carbonyl (C=O) groups is 1. The average molecular weight is 240 g/mol. The smallest absolute Gasteiger partial charge is 0.193 e. The zero-order chi connectivity index (χ0) is 13.3. The van der Waals surface area contributed by atoms with Crippen molar-refractivity contribution in [3.05, 3.63) is 58.7 Å². The summed E-state index contributed by atoms with van der Waals surface area (Å²) in [6.45, 7) is 3.77. The van der Waals surface area contributed by atoms with Crippen LogP contribution >= 0.6 is 0 Å². The summed E-state index contributed by atoms with van der Waals surface area (Å²) in [6.07, 6.45) is 0. The Morgan fingerprint density at radius 2 is 1.61 bits per heavy atom. The summed E-state index contributed by atoms with van der Waals surface area (Å²) in [7, 11) is 0. The minimum Gasteiger partial charge on any atom is -0.397 e. The maximum Gasteiger partial charge on any atom is 0.193 e. The highest BCUT2D eigenvalue weighted by Gasteiger charge is 2.15. The lowest BCUT2D eigenvalue weighted by atomic mass is 9.94. The Bertz CT molecular complexity index is 604. The van der Waals surface area contributed by atoms with Crippen molar-refractivity contribution >= 4 is 17.2 Å². The van der Waals surface area contributed by atoms with Crippen LogP contribution in [0.15, 0.2) is 36.4 Å². The van der Waals surface area contributed by atoms with Gasteiger partial charge in [0.1, 0.15) is 0 Å². The molecule has 0 saturated carbocycles. The summed E-state index contributed by atoms with van der Waals surface area (Å²) in [4.78, 5) is 12.4. The molecule has 0 bridgehead atoms. The van der Waals surface area contributed by atoms with Gasteiger partial charge in [0.2, 0.25) is 0 Å². The van der Waals surface area contributed by atoms with Crippen LogP contribution in [-0.2, 0) is 0 Å². The molecule has 18 heavy (non-hydrogen) atoms. The Morgan fingerprint density at radius 3 is 2.22 bits per heavy atom. The van der Waals surface area contributed by atoms with Crippen LogP contribution in [0.1, 0.15) is 27.0 Å². The van der Waals surface area contributed by atoms with Crippen molar-refractivity contribution in [2.45, 2.75) is 13.8 Å². The van der Waals surface area contributed by atoms with Gasteiger partial charge in [0.05, 0.1) is 11.4 Å². The summed E-state index contributed by atoms with van der Waals surface area (Å²) in [5, 5.41) is 0. The monoisotopic (exact) mass is 240 g/mol. The summed E-state index contributed by atoms with van der Waals surface area (Å²) in [5.41, 5.74) is 15.7. The first-order valence-electron chi connectivity index (χ1n) is 5.77. The third-order valence-corrected chi connectivity index (χ3v) is 3.26. The molecule has 0 fully saturated rings. The van der Waals surface area contributed by atoms with Gasteiger partial charge in [-0.25, -0.2) is 0 Å². The second-order valence-corrected chi connectivity index (χ2v) is 4.37. The fourth-order valence-electron chi connectivity index (χ4n) is 1.94. The van der Waals surface area contributed by atoms with Crippen LogP contribution in [0.3, 0.4) is 0 Å². The fraction of sp³-hybridized carbons (Fsp3) is 0.133. The van der Waals surface area contributed by atoms with E-state index in [1.807, 2.05) is 32.0 Å². The Labute approximate surface area is 106 Å². The average Bonchev–Trinajstić information content (AvgIpc) is 2.41. The van der Waals surface area contributed by atoms with Crippen LogP contribution in [0.4, 0.5) is 11.4 Å². The Balaban J connectivity index is 2.56. The number of rotatable bonds is 2. The van der Waals surface area contributed by atoms with Crippen molar-refractivity contribution in [1.82, 2.24) is 0 Å². The van der Waals surface area contributed by atoms with E-state index >= 15 is 0 Å².